The van der Waals surface area contributed by atoms with Crippen LogP contribution in [0.3, 0.4) is 0 Å². The third-order valence-corrected chi connectivity index (χ3v) is 4.90. The average molecular weight is 375 g/mol. The summed E-state index contributed by atoms with van der Waals surface area (Å²) in [5, 5.41) is 5.22. The van der Waals surface area contributed by atoms with Crippen molar-refractivity contribution >= 4 is 27.5 Å². The number of sulfonamides is 1. The number of rotatable bonds is 7. The number of carbonyl (C=O) groups excluding carboxylic acids is 2. The lowest BCUT2D eigenvalue weighted by atomic mass is 10.1. The summed E-state index contributed by atoms with van der Waals surface area (Å²) in [4.78, 5) is 22.9. The molecule has 0 saturated heterocycles. The Balaban J connectivity index is 1.88. The van der Waals surface area contributed by atoms with E-state index in [1.807, 2.05) is 31.2 Å². The molecule has 8 heteroatoms. The van der Waals surface area contributed by atoms with Crippen LogP contribution in [-0.4, -0.2) is 26.8 Å². The maximum Gasteiger partial charge on any atom is 0.241 e. The first kappa shape index (κ1) is 19.6. The first-order chi connectivity index (χ1) is 12.3. The molecule has 0 atom stereocenters. The Morgan fingerprint density at radius 1 is 1.04 bits per heavy atom. The minimum Gasteiger partial charge on any atom is -0.351 e. The van der Waals surface area contributed by atoms with Crippen LogP contribution >= 0.6 is 0 Å². The Bertz CT molecular complexity index is 893. The van der Waals surface area contributed by atoms with Crippen molar-refractivity contribution in [2.75, 3.05) is 11.9 Å². The van der Waals surface area contributed by atoms with Crippen molar-refractivity contribution < 1.29 is 18.0 Å². The predicted molar refractivity (Wildman–Crippen MR) is 99.0 cm³/mol. The van der Waals surface area contributed by atoms with E-state index in [1.54, 1.807) is 0 Å². The van der Waals surface area contributed by atoms with E-state index < -0.39 is 15.9 Å². The second-order valence-electron chi connectivity index (χ2n) is 5.80. The van der Waals surface area contributed by atoms with Crippen LogP contribution in [0.15, 0.2) is 53.4 Å². The van der Waals surface area contributed by atoms with Gasteiger partial charge in [-0.15, -0.1) is 0 Å². The van der Waals surface area contributed by atoms with Gasteiger partial charge in [0.05, 0.1) is 11.4 Å². The second kappa shape index (κ2) is 8.59. The van der Waals surface area contributed by atoms with Gasteiger partial charge in [0.25, 0.3) is 0 Å². The Morgan fingerprint density at radius 2 is 1.73 bits per heavy atom. The van der Waals surface area contributed by atoms with Crippen LogP contribution in [0.25, 0.3) is 0 Å². The fourth-order valence-electron chi connectivity index (χ4n) is 2.25. The van der Waals surface area contributed by atoms with Crippen LogP contribution in [0.5, 0.6) is 0 Å². The van der Waals surface area contributed by atoms with Crippen molar-refractivity contribution in [3.05, 3.63) is 59.7 Å². The van der Waals surface area contributed by atoms with Gasteiger partial charge in [-0.25, -0.2) is 13.1 Å². The first-order valence-electron chi connectivity index (χ1n) is 7.96. The molecule has 0 fully saturated rings. The second-order valence-corrected chi connectivity index (χ2v) is 7.56. The minimum atomic E-state index is -3.81. The van der Waals surface area contributed by atoms with Crippen LogP contribution in [0.1, 0.15) is 18.1 Å². The molecule has 0 aromatic heterocycles. The molecule has 2 amide bonds. The third kappa shape index (κ3) is 5.98. The summed E-state index contributed by atoms with van der Waals surface area (Å²) >= 11 is 0. The Hall–Kier alpha value is -2.71. The molecular formula is C18H21N3O4S. The molecule has 2 aromatic carbocycles. The summed E-state index contributed by atoms with van der Waals surface area (Å²) < 4.78 is 26.7. The number of anilines is 1. The van der Waals surface area contributed by atoms with Crippen LogP contribution < -0.4 is 15.4 Å². The van der Waals surface area contributed by atoms with Crippen LogP contribution in [-0.2, 0) is 26.2 Å². The molecule has 0 aliphatic carbocycles. The Labute approximate surface area is 152 Å². The summed E-state index contributed by atoms with van der Waals surface area (Å²) in [7, 11) is -3.81. The molecule has 0 heterocycles. The topological polar surface area (TPSA) is 104 Å². The molecule has 2 rings (SSSR count). The number of nitrogens with one attached hydrogen (secondary N) is 3. The fourth-order valence-corrected chi connectivity index (χ4v) is 3.23. The van der Waals surface area contributed by atoms with Gasteiger partial charge in [-0.3, -0.25) is 9.59 Å². The van der Waals surface area contributed by atoms with E-state index in [0.717, 1.165) is 11.1 Å². The molecule has 7 nitrogen and oxygen atoms in total. The zero-order valence-electron chi connectivity index (χ0n) is 14.6. The summed E-state index contributed by atoms with van der Waals surface area (Å²) in [5.74, 6) is -0.672. The standard InChI is InChI=1S/C18H21N3O4S/c1-13-4-3-5-15(10-13)11-19-18(23)12-20-26(24,25)17-8-6-16(7-9-17)21-14(2)22/h3-10,20H,11-12H2,1-2H3,(H,19,23)(H,21,22). The lowest BCUT2D eigenvalue weighted by Gasteiger charge is -2.09. The number of hydrogen-bond acceptors (Lipinski definition) is 4. The molecular weight excluding hydrogens is 354 g/mol. The Kier molecular flexibility index (Phi) is 6.48. The van der Waals surface area contributed by atoms with Gasteiger partial charge in [0.2, 0.25) is 21.8 Å². The van der Waals surface area contributed by atoms with Crippen molar-refractivity contribution in [2.45, 2.75) is 25.3 Å². The van der Waals surface area contributed by atoms with E-state index >= 15 is 0 Å². The van der Waals surface area contributed by atoms with Gasteiger partial charge in [-0.2, -0.15) is 0 Å². The largest absolute Gasteiger partial charge is 0.351 e. The number of benzene rings is 2. The number of hydrogen-bond donors (Lipinski definition) is 3. The smallest absolute Gasteiger partial charge is 0.241 e. The highest BCUT2D eigenvalue weighted by atomic mass is 32.2. The molecule has 0 aliphatic heterocycles. The monoisotopic (exact) mass is 375 g/mol. The van der Waals surface area contributed by atoms with Crippen molar-refractivity contribution in [1.82, 2.24) is 10.0 Å². The quantitative estimate of drug-likeness (QED) is 0.683. The SMILES string of the molecule is CC(=O)Nc1ccc(S(=O)(=O)NCC(=O)NCc2cccc(C)c2)cc1. The number of carbonyl (C=O) groups is 2. The predicted octanol–water partition coefficient (Wildman–Crippen LogP) is 1.55. The summed E-state index contributed by atoms with van der Waals surface area (Å²) in [6.07, 6.45) is 0. The molecule has 0 bridgehead atoms. The van der Waals surface area contributed by atoms with E-state index in [1.165, 1.54) is 31.2 Å². The Morgan fingerprint density at radius 3 is 2.35 bits per heavy atom. The summed E-state index contributed by atoms with van der Waals surface area (Å²) in [6, 6.07) is 13.4. The minimum absolute atomic E-state index is 0.0121. The summed E-state index contributed by atoms with van der Waals surface area (Å²) in [5.41, 5.74) is 2.52. The average Bonchev–Trinajstić information content (AvgIpc) is 2.58. The molecule has 0 saturated carbocycles. The van der Waals surface area contributed by atoms with E-state index in [4.69, 9.17) is 0 Å². The van der Waals surface area contributed by atoms with Gasteiger partial charge in [-0.1, -0.05) is 29.8 Å². The molecule has 0 spiro atoms. The molecule has 3 N–H and O–H groups in total. The van der Waals surface area contributed by atoms with Crippen LogP contribution in [0.4, 0.5) is 5.69 Å². The normalized spacial score (nSPS) is 11.0. The third-order valence-electron chi connectivity index (χ3n) is 3.48. The van der Waals surface area contributed by atoms with Gasteiger partial charge >= 0.3 is 0 Å². The molecule has 26 heavy (non-hydrogen) atoms. The van der Waals surface area contributed by atoms with Crippen molar-refractivity contribution in [3.8, 4) is 0 Å². The van der Waals surface area contributed by atoms with Gasteiger partial charge in [0.15, 0.2) is 0 Å². The van der Waals surface area contributed by atoms with E-state index in [9.17, 15) is 18.0 Å². The molecule has 0 aliphatic rings. The van der Waals surface area contributed by atoms with Crippen molar-refractivity contribution in [1.29, 1.82) is 0 Å². The van der Waals surface area contributed by atoms with E-state index in [-0.39, 0.29) is 17.3 Å². The van der Waals surface area contributed by atoms with Gasteiger partial charge in [0, 0.05) is 19.2 Å². The van der Waals surface area contributed by atoms with Gasteiger partial charge in [0.1, 0.15) is 0 Å². The zero-order chi connectivity index (χ0) is 19.2. The van der Waals surface area contributed by atoms with Crippen molar-refractivity contribution in [3.63, 3.8) is 0 Å². The van der Waals surface area contributed by atoms with Crippen LogP contribution in [0.2, 0.25) is 0 Å². The number of aryl methyl sites for hydroxylation is 1. The lowest BCUT2D eigenvalue weighted by molar-refractivity contribution is -0.120. The van der Waals surface area contributed by atoms with Gasteiger partial charge in [-0.05, 0) is 36.8 Å². The van der Waals surface area contributed by atoms with Crippen LogP contribution in [0, 0.1) is 6.92 Å². The fraction of sp³-hybridized carbons (Fsp3) is 0.222. The molecule has 0 radical (unpaired) electrons. The zero-order valence-corrected chi connectivity index (χ0v) is 15.4. The number of amides is 2. The highest BCUT2D eigenvalue weighted by Crippen LogP contribution is 2.13. The molecule has 2 aromatic rings. The molecule has 138 valence electrons. The summed E-state index contributed by atoms with van der Waals surface area (Å²) in [6.45, 7) is 3.29. The maximum absolute atomic E-state index is 12.2. The molecule has 0 unspecified atom stereocenters. The van der Waals surface area contributed by atoms with Crippen molar-refractivity contribution in [2.24, 2.45) is 0 Å². The van der Waals surface area contributed by atoms with E-state index in [0.29, 0.717) is 12.2 Å². The van der Waals surface area contributed by atoms with E-state index in [2.05, 4.69) is 15.4 Å². The highest BCUT2D eigenvalue weighted by Gasteiger charge is 2.15. The van der Waals surface area contributed by atoms with Gasteiger partial charge < -0.3 is 10.6 Å². The maximum atomic E-state index is 12.2. The highest BCUT2D eigenvalue weighted by molar-refractivity contribution is 7.89. The first-order valence-corrected chi connectivity index (χ1v) is 9.44. The lowest BCUT2D eigenvalue weighted by Crippen LogP contribution is -2.36.